The Morgan fingerprint density at radius 1 is 1.41 bits per heavy atom. The van der Waals surface area contributed by atoms with Crippen LogP contribution in [0.25, 0.3) is 0 Å². The molecule has 1 atom stereocenters. The number of H-pyrrole nitrogens is 1. The molecule has 7 heteroatoms. The van der Waals surface area contributed by atoms with Gasteiger partial charge in [0, 0.05) is 24.9 Å². The maximum atomic E-state index is 12.1. The number of rotatable bonds is 4. The van der Waals surface area contributed by atoms with E-state index in [-0.39, 0.29) is 30.7 Å². The van der Waals surface area contributed by atoms with Crippen LogP contribution in [0.15, 0.2) is 36.5 Å². The summed E-state index contributed by atoms with van der Waals surface area (Å²) in [6.45, 7) is 0.428. The minimum Gasteiger partial charge on any atom is -0.351 e. The van der Waals surface area contributed by atoms with Crippen LogP contribution in [0.5, 0.6) is 0 Å². The molecule has 6 nitrogen and oxygen atoms in total. The highest BCUT2D eigenvalue weighted by Crippen LogP contribution is 2.28. The highest BCUT2D eigenvalue weighted by Gasteiger charge is 2.32. The number of hydrogen-bond donors (Lipinski definition) is 2. The van der Waals surface area contributed by atoms with Crippen molar-refractivity contribution in [3.8, 4) is 0 Å². The summed E-state index contributed by atoms with van der Waals surface area (Å²) in [5, 5.41) is 9.94. The van der Waals surface area contributed by atoms with Gasteiger partial charge in [0.1, 0.15) is 0 Å². The van der Waals surface area contributed by atoms with E-state index >= 15 is 0 Å². The molecule has 1 unspecified atom stereocenters. The molecule has 1 saturated heterocycles. The van der Waals surface area contributed by atoms with E-state index in [1.54, 1.807) is 29.3 Å². The van der Waals surface area contributed by atoms with Gasteiger partial charge in [0.15, 0.2) is 0 Å². The van der Waals surface area contributed by atoms with Crippen LogP contribution < -0.4 is 10.2 Å². The minimum absolute atomic E-state index is 0.0417. The summed E-state index contributed by atoms with van der Waals surface area (Å²) in [5.74, 6) is -0.178. The van der Waals surface area contributed by atoms with Crippen molar-refractivity contribution in [1.29, 1.82) is 0 Å². The number of halogens is 1. The SMILES string of the molecule is O=C(Cc1ccn[nH]1)NC1CC(=O)N(c2ccccc2Cl)C1. The predicted molar refractivity (Wildman–Crippen MR) is 82.6 cm³/mol. The average Bonchev–Trinajstić information content (AvgIpc) is 3.09. The number of anilines is 1. The van der Waals surface area contributed by atoms with Crippen molar-refractivity contribution in [1.82, 2.24) is 15.5 Å². The Bertz CT molecular complexity index is 687. The first kappa shape index (κ1) is 14.6. The van der Waals surface area contributed by atoms with Gasteiger partial charge in [-0.3, -0.25) is 14.7 Å². The summed E-state index contributed by atoms with van der Waals surface area (Å²) in [7, 11) is 0. The molecule has 1 fully saturated rings. The van der Waals surface area contributed by atoms with Gasteiger partial charge < -0.3 is 10.2 Å². The third-order valence-electron chi connectivity index (χ3n) is 3.54. The lowest BCUT2D eigenvalue weighted by Crippen LogP contribution is -2.38. The molecule has 22 heavy (non-hydrogen) atoms. The molecule has 114 valence electrons. The molecule has 1 aliphatic heterocycles. The van der Waals surface area contributed by atoms with Crippen molar-refractivity contribution in [2.75, 3.05) is 11.4 Å². The largest absolute Gasteiger partial charge is 0.351 e. The lowest BCUT2D eigenvalue weighted by atomic mass is 10.2. The Balaban J connectivity index is 1.62. The van der Waals surface area contributed by atoms with Gasteiger partial charge in [-0.25, -0.2) is 0 Å². The molecule has 2 heterocycles. The van der Waals surface area contributed by atoms with E-state index in [9.17, 15) is 9.59 Å². The highest BCUT2D eigenvalue weighted by atomic mass is 35.5. The highest BCUT2D eigenvalue weighted by molar-refractivity contribution is 6.33. The van der Waals surface area contributed by atoms with E-state index in [1.165, 1.54) is 0 Å². The molecule has 0 spiro atoms. The number of carbonyl (C=O) groups excluding carboxylic acids is 2. The number of benzene rings is 1. The van der Waals surface area contributed by atoms with E-state index in [1.807, 2.05) is 12.1 Å². The smallest absolute Gasteiger partial charge is 0.229 e. The number of aromatic amines is 1. The predicted octanol–water partition coefficient (Wildman–Crippen LogP) is 1.53. The molecular formula is C15H15ClN4O2. The normalized spacial score (nSPS) is 17.8. The number of aromatic nitrogens is 2. The lowest BCUT2D eigenvalue weighted by molar-refractivity contribution is -0.121. The molecule has 1 aliphatic rings. The van der Waals surface area contributed by atoms with Crippen LogP contribution in [0.3, 0.4) is 0 Å². The second-order valence-corrected chi connectivity index (χ2v) is 5.59. The zero-order valence-electron chi connectivity index (χ0n) is 11.8. The number of carbonyl (C=O) groups is 2. The molecule has 0 bridgehead atoms. The molecule has 1 aromatic carbocycles. The Morgan fingerprint density at radius 3 is 2.95 bits per heavy atom. The first-order chi connectivity index (χ1) is 10.6. The fourth-order valence-corrected chi connectivity index (χ4v) is 2.78. The number of nitrogens with zero attached hydrogens (tertiary/aromatic N) is 2. The number of para-hydroxylation sites is 1. The van der Waals surface area contributed by atoms with Crippen molar-refractivity contribution in [3.05, 3.63) is 47.2 Å². The van der Waals surface area contributed by atoms with Gasteiger partial charge in [-0.15, -0.1) is 0 Å². The number of hydrogen-bond acceptors (Lipinski definition) is 3. The van der Waals surface area contributed by atoms with Gasteiger partial charge in [-0.1, -0.05) is 23.7 Å². The van der Waals surface area contributed by atoms with Gasteiger partial charge in [-0.2, -0.15) is 5.10 Å². The molecule has 2 aromatic rings. The quantitative estimate of drug-likeness (QED) is 0.897. The van der Waals surface area contributed by atoms with Crippen LogP contribution >= 0.6 is 11.6 Å². The monoisotopic (exact) mass is 318 g/mol. The second kappa shape index (κ2) is 6.19. The van der Waals surface area contributed by atoms with E-state index in [4.69, 9.17) is 11.6 Å². The Labute approximate surface area is 132 Å². The van der Waals surface area contributed by atoms with E-state index < -0.39 is 0 Å². The first-order valence-corrected chi connectivity index (χ1v) is 7.34. The molecule has 0 aliphatic carbocycles. The maximum absolute atomic E-state index is 12.1. The summed E-state index contributed by atoms with van der Waals surface area (Å²) < 4.78 is 0. The van der Waals surface area contributed by atoms with E-state index in [0.29, 0.717) is 17.3 Å². The van der Waals surface area contributed by atoms with Crippen molar-refractivity contribution in [3.63, 3.8) is 0 Å². The topological polar surface area (TPSA) is 78.1 Å². The van der Waals surface area contributed by atoms with Crippen molar-refractivity contribution >= 4 is 29.1 Å². The van der Waals surface area contributed by atoms with Crippen LogP contribution in [0.1, 0.15) is 12.1 Å². The van der Waals surface area contributed by atoms with Crippen LogP contribution in [-0.4, -0.2) is 34.6 Å². The fraction of sp³-hybridized carbons (Fsp3) is 0.267. The van der Waals surface area contributed by atoms with Gasteiger partial charge in [0.2, 0.25) is 11.8 Å². The van der Waals surface area contributed by atoms with Crippen LogP contribution in [0.4, 0.5) is 5.69 Å². The summed E-state index contributed by atoms with van der Waals surface area (Å²) >= 11 is 6.13. The zero-order valence-corrected chi connectivity index (χ0v) is 12.5. The van der Waals surface area contributed by atoms with Crippen LogP contribution in [0, 0.1) is 0 Å². The fourth-order valence-electron chi connectivity index (χ4n) is 2.54. The Kier molecular flexibility index (Phi) is 4.11. The second-order valence-electron chi connectivity index (χ2n) is 5.18. The van der Waals surface area contributed by atoms with E-state index in [2.05, 4.69) is 15.5 Å². The molecule has 3 rings (SSSR count). The summed E-state index contributed by atoms with van der Waals surface area (Å²) in [5.41, 5.74) is 1.42. The number of amides is 2. The van der Waals surface area contributed by atoms with Gasteiger partial charge in [0.05, 0.1) is 23.2 Å². The van der Waals surface area contributed by atoms with Crippen molar-refractivity contribution in [2.24, 2.45) is 0 Å². The standard InChI is InChI=1S/C15H15ClN4O2/c16-12-3-1-2-4-13(12)20-9-11(8-15(20)22)18-14(21)7-10-5-6-17-19-10/h1-6,11H,7-9H2,(H,17,19)(H,18,21). The summed E-state index contributed by atoms with van der Waals surface area (Å²) in [4.78, 5) is 25.7. The molecular weight excluding hydrogens is 304 g/mol. The average molecular weight is 319 g/mol. The zero-order chi connectivity index (χ0) is 15.5. The van der Waals surface area contributed by atoms with Gasteiger partial charge in [-0.05, 0) is 18.2 Å². The van der Waals surface area contributed by atoms with Crippen molar-refractivity contribution < 1.29 is 9.59 Å². The Morgan fingerprint density at radius 2 is 2.23 bits per heavy atom. The number of nitrogens with one attached hydrogen (secondary N) is 2. The van der Waals surface area contributed by atoms with Gasteiger partial charge in [0.25, 0.3) is 0 Å². The first-order valence-electron chi connectivity index (χ1n) is 6.96. The molecule has 1 aromatic heterocycles. The summed E-state index contributed by atoms with van der Waals surface area (Å²) in [6, 6.07) is 8.73. The third kappa shape index (κ3) is 3.12. The molecule has 0 radical (unpaired) electrons. The lowest BCUT2D eigenvalue weighted by Gasteiger charge is -2.18. The molecule has 2 N–H and O–H groups in total. The van der Waals surface area contributed by atoms with Crippen molar-refractivity contribution in [2.45, 2.75) is 18.9 Å². The molecule has 2 amide bonds. The Hall–Kier alpha value is -2.34. The van der Waals surface area contributed by atoms with Crippen LogP contribution in [-0.2, 0) is 16.0 Å². The molecule has 0 saturated carbocycles. The van der Waals surface area contributed by atoms with Gasteiger partial charge >= 0.3 is 0 Å². The maximum Gasteiger partial charge on any atom is 0.229 e. The van der Waals surface area contributed by atoms with Crippen LogP contribution in [0.2, 0.25) is 5.02 Å². The van der Waals surface area contributed by atoms with E-state index in [0.717, 1.165) is 5.69 Å². The summed E-state index contributed by atoms with van der Waals surface area (Å²) in [6.07, 6.45) is 2.09. The minimum atomic E-state index is -0.209. The third-order valence-corrected chi connectivity index (χ3v) is 3.86.